The number of aliphatic hydroxyl groups is 1. The number of hydrogen-bond acceptors (Lipinski definition) is 1. The Kier molecular flexibility index (Phi) is 2.53. The van der Waals surface area contributed by atoms with Crippen LogP contribution < -0.4 is 0 Å². The Labute approximate surface area is 71.6 Å². The number of rotatable bonds is 1. The number of aliphatic hydroxyl groups excluding tert-OH is 1. The zero-order valence-corrected chi connectivity index (χ0v) is 7.39. The maximum absolute atomic E-state index is 9.18. The molecule has 0 heterocycles. The van der Waals surface area contributed by atoms with E-state index in [-0.39, 0.29) is 0 Å². The second-order valence-corrected chi connectivity index (χ2v) is 3.09. The lowest BCUT2D eigenvalue weighted by molar-refractivity contribution is 0.199. The molecule has 1 unspecified atom stereocenters. The van der Waals surface area contributed by atoms with Gasteiger partial charge in [-0.2, -0.15) is 0 Å². The van der Waals surface area contributed by atoms with E-state index >= 15 is 0 Å². The fraction of sp³-hybridized carbons (Fsp3) is 0.333. The number of benzene rings is 1. The molecule has 1 atom stereocenters. The fourth-order valence-corrected chi connectivity index (χ4v) is 1.06. The highest BCUT2D eigenvalue weighted by Gasteiger charge is 2.01. The van der Waals surface area contributed by atoms with E-state index in [1.165, 1.54) is 0 Å². The Morgan fingerprint density at radius 3 is 2.55 bits per heavy atom. The van der Waals surface area contributed by atoms with E-state index in [0.717, 1.165) is 11.1 Å². The summed E-state index contributed by atoms with van der Waals surface area (Å²) >= 11 is 5.85. The van der Waals surface area contributed by atoms with Gasteiger partial charge in [0.25, 0.3) is 0 Å². The van der Waals surface area contributed by atoms with E-state index < -0.39 is 6.10 Å². The first-order valence-corrected chi connectivity index (χ1v) is 3.93. The lowest BCUT2D eigenvalue weighted by atomic mass is 10.1. The molecule has 0 saturated carbocycles. The Morgan fingerprint density at radius 1 is 1.45 bits per heavy atom. The molecule has 0 aliphatic heterocycles. The zero-order chi connectivity index (χ0) is 8.43. The van der Waals surface area contributed by atoms with E-state index in [1.54, 1.807) is 13.0 Å². The molecule has 1 N–H and O–H groups in total. The molecule has 0 aliphatic rings. The lowest BCUT2D eigenvalue weighted by Gasteiger charge is -2.05. The summed E-state index contributed by atoms with van der Waals surface area (Å²) in [6.45, 7) is 3.66. The van der Waals surface area contributed by atoms with Crippen molar-refractivity contribution in [2.24, 2.45) is 0 Å². The van der Waals surface area contributed by atoms with Crippen molar-refractivity contribution < 1.29 is 5.11 Å². The predicted octanol–water partition coefficient (Wildman–Crippen LogP) is 2.70. The standard InChI is InChI=1S/C9H11ClO/c1-6-3-4-8(7(2)11)5-9(6)10/h3-5,7,11H,1-2H3. The average Bonchev–Trinajstić information content (AvgIpc) is 1.94. The van der Waals surface area contributed by atoms with Crippen LogP contribution in [0.2, 0.25) is 5.02 Å². The summed E-state index contributed by atoms with van der Waals surface area (Å²) in [6.07, 6.45) is -0.437. The van der Waals surface area contributed by atoms with Crippen molar-refractivity contribution in [1.29, 1.82) is 0 Å². The van der Waals surface area contributed by atoms with E-state index in [9.17, 15) is 5.11 Å². The summed E-state index contributed by atoms with van der Waals surface area (Å²) in [7, 11) is 0. The van der Waals surface area contributed by atoms with Crippen molar-refractivity contribution in [3.8, 4) is 0 Å². The van der Waals surface area contributed by atoms with Gasteiger partial charge in [-0.05, 0) is 31.0 Å². The van der Waals surface area contributed by atoms with Crippen LogP contribution >= 0.6 is 11.6 Å². The third-order valence-corrected chi connectivity index (χ3v) is 2.09. The highest BCUT2D eigenvalue weighted by atomic mass is 35.5. The topological polar surface area (TPSA) is 20.2 Å². The Bertz CT molecular complexity index is 256. The molecular weight excluding hydrogens is 160 g/mol. The van der Waals surface area contributed by atoms with Crippen molar-refractivity contribution >= 4 is 11.6 Å². The van der Waals surface area contributed by atoms with Gasteiger partial charge in [-0.1, -0.05) is 23.7 Å². The first kappa shape index (κ1) is 8.57. The molecule has 0 fully saturated rings. The van der Waals surface area contributed by atoms with Gasteiger partial charge in [0.15, 0.2) is 0 Å². The predicted molar refractivity (Wildman–Crippen MR) is 46.8 cm³/mol. The minimum absolute atomic E-state index is 0.437. The van der Waals surface area contributed by atoms with Crippen LogP contribution in [0.1, 0.15) is 24.2 Å². The van der Waals surface area contributed by atoms with Crippen molar-refractivity contribution in [3.63, 3.8) is 0 Å². The van der Waals surface area contributed by atoms with Gasteiger partial charge in [0.2, 0.25) is 0 Å². The molecular formula is C9H11ClO. The van der Waals surface area contributed by atoms with Gasteiger partial charge in [0.05, 0.1) is 6.10 Å². The Balaban J connectivity index is 3.05. The van der Waals surface area contributed by atoms with Gasteiger partial charge in [0.1, 0.15) is 0 Å². The summed E-state index contributed by atoms with van der Waals surface area (Å²) in [5.41, 5.74) is 1.90. The van der Waals surface area contributed by atoms with Gasteiger partial charge in [0, 0.05) is 5.02 Å². The van der Waals surface area contributed by atoms with Crippen molar-refractivity contribution in [3.05, 3.63) is 34.3 Å². The SMILES string of the molecule is Cc1ccc(C(C)O)cc1Cl. The highest BCUT2D eigenvalue weighted by Crippen LogP contribution is 2.20. The van der Waals surface area contributed by atoms with Gasteiger partial charge in [-0.25, -0.2) is 0 Å². The van der Waals surface area contributed by atoms with Crippen molar-refractivity contribution in [2.45, 2.75) is 20.0 Å². The molecule has 0 spiro atoms. The molecule has 2 heteroatoms. The van der Waals surface area contributed by atoms with E-state index in [0.29, 0.717) is 5.02 Å². The van der Waals surface area contributed by atoms with Crippen molar-refractivity contribution in [1.82, 2.24) is 0 Å². The molecule has 1 nitrogen and oxygen atoms in total. The lowest BCUT2D eigenvalue weighted by Crippen LogP contribution is -1.90. The Morgan fingerprint density at radius 2 is 2.09 bits per heavy atom. The van der Waals surface area contributed by atoms with E-state index in [1.807, 2.05) is 19.1 Å². The number of halogens is 1. The number of aryl methyl sites for hydroxylation is 1. The van der Waals surface area contributed by atoms with Gasteiger partial charge in [-0.3, -0.25) is 0 Å². The Hall–Kier alpha value is -0.530. The van der Waals surface area contributed by atoms with Crippen LogP contribution in [0, 0.1) is 6.92 Å². The molecule has 11 heavy (non-hydrogen) atoms. The molecule has 1 rings (SSSR count). The summed E-state index contributed by atoms with van der Waals surface area (Å²) in [5, 5.41) is 9.89. The third-order valence-electron chi connectivity index (χ3n) is 1.68. The summed E-state index contributed by atoms with van der Waals surface area (Å²) in [5.74, 6) is 0. The van der Waals surface area contributed by atoms with Crippen LogP contribution in [-0.2, 0) is 0 Å². The molecule has 0 saturated heterocycles. The zero-order valence-electron chi connectivity index (χ0n) is 6.63. The maximum atomic E-state index is 9.18. The van der Waals surface area contributed by atoms with Gasteiger partial charge in [-0.15, -0.1) is 0 Å². The normalized spacial score (nSPS) is 13.1. The van der Waals surface area contributed by atoms with Crippen LogP contribution in [0.3, 0.4) is 0 Å². The molecule has 60 valence electrons. The largest absolute Gasteiger partial charge is 0.389 e. The third kappa shape index (κ3) is 1.95. The van der Waals surface area contributed by atoms with E-state index in [2.05, 4.69) is 0 Å². The van der Waals surface area contributed by atoms with E-state index in [4.69, 9.17) is 11.6 Å². The smallest absolute Gasteiger partial charge is 0.0762 e. The maximum Gasteiger partial charge on any atom is 0.0762 e. The minimum atomic E-state index is -0.437. The van der Waals surface area contributed by atoms with Crippen LogP contribution in [-0.4, -0.2) is 5.11 Å². The summed E-state index contributed by atoms with van der Waals surface area (Å²) in [4.78, 5) is 0. The van der Waals surface area contributed by atoms with Crippen LogP contribution in [0.5, 0.6) is 0 Å². The number of hydrogen-bond donors (Lipinski definition) is 1. The molecule has 1 aromatic carbocycles. The van der Waals surface area contributed by atoms with Crippen LogP contribution in [0.15, 0.2) is 18.2 Å². The summed E-state index contributed by atoms with van der Waals surface area (Å²) < 4.78 is 0. The first-order valence-electron chi connectivity index (χ1n) is 3.55. The second kappa shape index (κ2) is 3.24. The first-order chi connectivity index (χ1) is 5.11. The second-order valence-electron chi connectivity index (χ2n) is 2.68. The molecule has 1 aromatic rings. The summed E-state index contributed by atoms with van der Waals surface area (Å²) in [6, 6.07) is 5.58. The van der Waals surface area contributed by atoms with Crippen LogP contribution in [0.4, 0.5) is 0 Å². The minimum Gasteiger partial charge on any atom is -0.389 e. The molecule has 0 amide bonds. The molecule has 0 radical (unpaired) electrons. The molecule has 0 bridgehead atoms. The quantitative estimate of drug-likeness (QED) is 0.687. The highest BCUT2D eigenvalue weighted by molar-refractivity contribution is 6.31. The van der Waals surface area contributed by atoms with Crippen LogP contribution in [0.25, 0.3) is 0 Å². The average molecular weight is 171 g/mol. The molecule has 0 aromatic heterocycles. The van der Waals surface area contributed by atoms with Crippen molar-refractivity contribution in [2.75, 3.05) is 0 Å². The van der Waals surface area contributed by atoms with Gasteiger partial charge >= 0.3 is 0 Å². The fourth-order valence-electron chi connectivity index (χ4n) is 0.869. The van der Waals surface area contributed by atoms with Gasteiger partial charge < -0.3 is 5.11 Å². The molecule has 0 aliphatic carbocycles. The monoisotopic (exact) mass is 170 g/mol.